The molecule has 24 heavy (non-hydrogen) atoms. The molecule has 0 bridgehead atoms. The van der Waals surface area contributed by atoms with Crippen molar-refractivity contribution in [1.29, 1.82) is 0 Å². The van der Waals surface area contributed by atoms with Crippen molar-refractivity contribution in [2.24, 2.45) is 0 Å². The number of carbonyl (C=O) groups excluding carboxylic acids is 2. The van der Waals surface area contributed by atoms with Crippen LogP contribution >= 0.6 is 11.3 Å². The van der Waals surface area contributed by atoms with Gasteiger partial charge in [0.25, 0.3) is 0 Å². The quantitative estimate of drug-likeness (QED) is 0.696. The maximum atomic E-state index is 12.9. The van der Waals surface area contributed by atoms with Crippen molar-refractivity contribution in [1.82, 2.24) is 0 Å². The van der Waals surface area contributed by atoms with Crippen molar-refractivity contribution >= 4 is 29.0 Å². The van der Waals surface area contributed by atoms with Crippen LogP contribution in [0.3, 0.4) is 0 Å². The zero-order chi connectivity index (χ0) is 16.5. The number of fused-ring (bicyclic) bond motifs is 1. The van der Waals surface area contributed by atoms with E-state index in [-0.39, 0.29) is 5.91 Å². The Bertz CT molecular complexity index is 890. The molecule has 3 aromatic rings. The molecule has 2 amide bonds. The summed E-state index contributed by atoms with van der Waals surface area (Å²) in [6.07, 6.45) is -0.683. The summed E-state index contributed by atoms with van der Waals surface area (Å²) in [6.45, 7) is 0. The summed E-state index contributed by atoms with van der Waals surface area (Å²) in [5.41, 5.74) is 1.41. The Morgan fingerprint density at radius 2 is 1.71 bits per heavy atom. The third-order valence-corrected chi connectivity index (χ3v) is 4.85. The van der Waals surface area contributed by atoms with Gasteiger partial charge in [-0.1, -0.05) is 42.5 Å². The minimum Gasteiger partial charge on any atom is -0.410 e. The highest BCUT2D eigenvalue weighted by atomic mass is 32.1. The largest absolute Gasteiger partial charge is 0.426 e. The van der Waals surface area contributed by atoms with E-state index < -0.39 is 12.0 Å². The molecule has 0 fully saturated rings. The highest BCUT2D eigenvalue weighted by Crippen LogP contribution is 2.42. The smallest absolute Gasteiger partial charge is 0.410 e. The Balaban J connectivity index is 1.71. The van der Waals surface area contributed by atoms with E-state index in [0.717, 1.165) is 15.3 Å². The summed E-state index contributed by atoms with van der Waals surface area (Å²) in [5.74, 6) is -0.323. The number of anilines is 1. The zero-order valence-corrected chi connectivity index (χ0v) is 13.4. The Labute approximate surface area is 142 Å². The van der Waals surface area contributed by atoms with Gasteiger partial charge in [0, 0.05) is 4.88 Å². The van der Waals surface area contributed by atoms with Gasteiger partial charge in [-0.2, -0.15) is 0 Å². The second kappa shape index (κ2) is 5.94. The van der Waals surface area contributed by atoms with Crippen LogP contribution in [0.1, 0.15) is 16.4 Å². The van der Waals surface area contributed by atoms with Gasteiger partial charge in [0.15, 0.2) is 0 Å². The van der Waals surface area contributed by atoms with Crippen molar-refractivity contribution < 1.29 is 14.3 Å². The van der Waals surface area contributed by atoms with E-state index >= 15 is 0 Å². The number of hydrogen-bond donors (Lipinski definition) is 0. The van der Waals surface area contributed by atoms with Gasteiger partial charge in [-0.05, 0) is 35.2 Å². The first kappa shape index (κ1) is 14.7. The van der Waals surface area contributed by atoms with E-state index in [1.165, 1.54) is 11.3 Å². The molecule has 0 N–H and O–H groups in total. The van der Waals surface area contributed by atoms with Crippen molar-refractivity contribution in [3.05, 3.63) is 82.6 Å². The topological polar surface area (TPSA) is 46.6 Å². The number of amides is 2. The van der Waals surface area contributed by atoms with Gasteiger partial charge >= 0.3 is 6.09 Å². The lowest BCUT2D eigenvalue weighted by Gasteiger charge is -2.15. The maximum Gasteiger partial charge on any atom is 0.426 e. The molecule has 0 unspecified atom stereocenters. The first-order valence-electron chi connectivity index (χ1n) is 7.49. The monoisotopic (exact) mass is 335 g/mol. The summed E-state index contributed by atoms with van der Waals surface area (Å²) in [4.78, 5) is 27.6. The van der Waals surface area contributed by atoms with Gasteiger partial charge in [0.1, 0.15) is 11.7 Å². The lowest BCUT2D eigenvalue weighted by molar-refractivity contribution is -0.117. The van der Waals surface area contributed by atoms with Crippen molar-refractivity contribution in [3.63, 3.8) is 0 Å². The number of ether oxygens (including phenoxy) is 1. The molecule has 1 aliphatic heterocycles. The molecule has 0 radical (unpaired) electrons. The van der Waals surface area contributed by atoms with Crippen LogP contribution < -0.4 is 9.64 Å². The van der Waals surface area contributed by atoms with E-state index in [9.17, 15) is 9.59 Å². The fourth-order valence-electron chi connectivity index (χ4n) is 2.87. The third-order valence-electron chi connectivity index (χ3n) is 3.91. The van der Waals surface area contributed by atoms with Gasteiger partial charge in [-0.25, -0.2) is 9.69 Å². The molecule has 0 aliphatic carbocycles. The van der Waals surface area contributed by atoms with Crippen LogP contribution in [-0.2, 0) is 4.79 Å². The lowest BCUT2D eigenvalue weighted by Crippen LogP contribution is -2.37. The Kier molecular flexibility index (Phi) is 3.63. The van der Waals surface area contributed by atoms with Gasteiger partial charge in [0.2, 0.25) is 5.91 Å². The molecule has 1 aliphatic rings. The molecule has 118 valence electrons. The summed E-state index contributed by atoms with van der Waals surface area (Å²) < 4.78 is 5.36. The highest BCUT2D eigenvalue weighted by Gasteiger charge is 2.42. The third kappa shape index (κ3) is 2.39. The lowest BCUT2D eigenvalue weighted by atomic mass is 9.99. The molecule has 2 aromatic carbocycles. The summed E-state index contributed by atoms with van der Waals surface area (Å²) >= 11 is 1.51. The molecule has 2 heterocycles. The van der Waals surface area contributed by atoms with Gasteiger partial charge in [-0.3, -0.25) is 4.79 Å². The molecule has 0 saturated heterocycles. The summed E-state index contributed by atoms with van der Waals surface area (Å²) in [5, 5.41) is 1.93. The highest BCUT2D eigenvalue weighted by molar-refractivity contribution is 7.10. The summed E-state index contributed by atoms with van der Waals surface area (Å²) in [7, 11) is 0. The van der Waals surface area contributed by atoms with Crippen LogP contribution in [0.5, 0.6) is 5.75 Å². The number of para-hydroxylation sites is 2. The molecule has 1 aromatic heterocycles. The number of nitrogens with zero attached hydrogens (tertiary/aromatic N) is 1. The van der Waals surface area contributed by atoms with E-state index in [1.54, 1.807) is 30.3 Å². The number of benzene rings is 2. The average Bonchev–Trinajstić information content (AvgIpc) is 3.20. The van der Waals surface area contributed by atoms with Crippen LogP contribution in [0, 0.1) is 0 Å². The number of rotatable bonds is 2. The van der Waals surface area contributed by atoms with Crippen LogP contribution in [0.4, 0.5) is 10.5 Å². The normalized spacial score (nSPS) is 16.1. The number of hydrogen-bond acceptors (Lipinski definition) is 4. The van der Waals surface area contributed by atoms with E-state index in [0.29, 0.717) is 11.4 Å². The second-order valence-electron chi connectivity index (χ2n) is 5.36. The fourth-order valence-corrected chi connectivity index (χ4v) is 3.71. The number of carbonyl (C=O) groups is 2. The minimum atomic E-state index is -0.683. The predicted molar refractivity (Wildman–Crippen MR) is 92.6 cm³/mol. The molecular formula is C19H13NO3S. The van der Waals surface area contributed by atoms with Gasteiger partial charge < -0.3 is 4.74 Å². The standard InChI is InChI=1S/C19H13NO3S/c21-18-17(16-11-6-12-24-16)14-9-4-5-10-15(14)20(18)19(22)23-13-7-2-1-3-8-13/h1-12,17H/t17-/m0/s1. The molecule has 4 rings (SSSR count). The molecule has 1 atom stereocenters. The first-order chi connectivity index (χ1) is 11.8. The minimum absolute atomic E-state index is 0.278. The molecule has 0 saturated carbocycles. The van der Waals surface area contributed by atoms with Gasteiger partial charge in [-0.15, -0.1) is 11.3 Å². The van der Waals surface area contributed by atoms with E-state index in [1.807, 2.05) is 41.8 Å². The number of imide groups is 1. The average molecular weight is 335 g/mol. The molecular weight excluding hydrogens is 322 g/mol. The van der Waals surface area contributed by atoms with Crippen molar-refractivity contribution in [2.75, 3.05) is 4.90 Å². The van der Waals surface area contributed by atoms with E-state index in [2.05, 4.69) is 0 Å². The summed E-state index contributed by atoms with van der Waals surface area (Å²) in [6, 6.07) is 19.9. The maximum absolute atomic E-state index is 12.9. The Morgan fingerprint density at radius 1 is 0.958 bits per heavy atom. The SMILES string of the molecule is O=C(Oc1ccccc1)N1C(=O)[C@H](c2cccs2)c2ccccc21. The van der Waals surface area contributed by atoms with Crippen LogP contribution in [0.25, 0.3) is 0 Å². The molecule has 5 heteroatoms. The van der Waals surface area contributed by atoms with Crippen LogP contribution in [0.15, 0.2) is 72.1 Å². The van der Waals surface area contributed by atoms with Crippen molar-refractivity contribution in [2.45, 2.75) is 5.92 Å². The van der Waals surface area contributed by atoms with E-state index in [4.69, 9.17) is 4.74 Å². The Morgan fingerprint density at radius 3 is 2.46 bits per heavy atom. The van der Waals surface area contributed by atoms with Crippen molar-refractivity contribution in [3.8, 4) is 5.75 Å². The predicted octanol–water partition coefficient (Wildman–Crippen LogP) is 4.43. The van der Waals surface area contributed by atoms with Crippen LogP contribution in [-0.4, -0.2) is 12.0 Å². The van der Waals surface area contributed by atoms with Crippen LogP contribution in [0.2, 0.25) is 0 Å². The second-order valence-corrected chi connectivity index (χ2v) is 6.34. The Hall–Kier alpha value is -2.92. The molecule has 4 nitrogen and oxygen atoms in total. The number of thiophene rings is 1. The first-order valence-corrected chi connectivity index (χ1v) is 8.37. The molecule has 0 spiro atoms. The fraction of sp³-hybridized carbons (Fsp3) is 0.0526. The zero-order valence-electron chi connectivity index (χ0n) is 12.6. The van der Waals surface area contributed by atoms with Gasteiger partial charge in [0.05, 0.1) is 5.69 Å².